The number of unbranched alkanes of at least 4 members (excludes halogenated alkanes) is 8. The highest BCUT2D eigenvalue weighted by molar-refractivity contribution is 7.45. The Labute approximate surface area is 441 Å². The van der Waals surface area contributed by atoms with Gasteiger partial charge in [-0.25, -0.2) is 0 Å². The first kappa shape index (κ1) is 67.9. The molecule has 0 radical (unpaired) electrons. The van der Waals surface area contributed by atoms with Gasteiger partial charge in [0.2, 0.25) is 5.91 Å². The van der Waals surface area contributed by atoms with E-state index in [0.717, 1.165) is 109 Å². The van der Waals surface area contributed by atoms with E-state index in [-0.39, 0.29) is 18.9 Å². The number of phosphoric acid groups is 1. The van der Waals surface area contributed by atoms with Gasteiger partial charge in [0.05, 0.1) is 39.9 Å². The van der Waals surface area contributed by atoms with Crippen molar-refractivity contribution < 1.29 is 32.9 Å². The van der Waals surface area contributed by atoms with Crippen LogP contribution in [0.2, 0.25) is 0 Å². The molecule has 0 spiro atoms. The maximum atomic E-state index is 12.9. The SMILES string of the molecule is CC/C=C\C/C=C\C/C=C\C/C=C\C/C=C\C/C=C\C/C=C\C/C=C\C/C=C\C/C=C\C/C=C\C/C=C\CCCCC(=O)NC(COP(=O)([O-])OCC[N+](C)(C)C)C(O)/C=C/CC/C=C/CCCCCCC. The number of carbonyl (C=O) groups excluding carboxylic acids is 1. The van der Waals surface area contributed by atoms with Crippen molar-refractivity contribution in [2.24, 2.45) is 0 Å². The summed E-state index contributed by atoms with van der Waals surface area (Å²) < 4.78 is 23.2. The van der Waals surface area contributed by atoms with Crippen LogP contribution >= 0.6 is 7.82 Å². The average molecular weight is 1010 g/mol. The second-order valence-corrected chi connectivity index (χ2v) is 20.2. The topological polar surface area (TPSA) is 108 Å². The molecular formula is C63H101N2O6P. The monoisotopic (exact) mass is 1010 g/mol. The van der Waals surface area contributed by atoms with Gasteiger partial charge in [-0.1, -0.05) is 210 Å². The van der Waals surface area contributed by atoms with Crippen molar-refractivity contribution in [3.05, 3.63) is 170 Å². The van der Waals surface area contributed by atoms with Crippen LogP contribution in [0.3, 0.4) is 0 Å². The van der Waals surface area contributed by atoms with Crippen LogP contribution in [0.15, 0.2) is 170 Å². The molecule has 0 aliphatic carbocycles. The predicted octanol–water partition coefficient (Wildman–Crippen LogP) is 16.2. The number of phosphoric ester groups is 1. The van der Waals surface area contributed by atoms with Crippen molar-refractivity contribution in [1.29, 1.82) is 0 Å². The van der Waals surface area contributed by atoms with Crippen molar-refractivity contribution in [2.75, 3.05) is 40.9 Å². The molecular weight excluding hydrogens is 912 g/mol. The number of aliphatic hydroxyl groups excluding tert-OH is 1. The zero-order chi connectivity index (χ0) is 52.7. The molecule has 3 unspecified atom stereocenters. The van der Waals surface area contributed by atoms with Gasteiger partial charge in [-0.3, -0.25) is 9.36 Å². The number of quaternary nitrogens is 1. The summed E-state index contributed by atoms with van der Waals surface area (Å²) >= 11 is 0. The summed E-state index contributed by atoms with van der Waals surface area (Å²) in [6, 6.07) is -0.938. The third-order valence-electron chi connectivity index (χ3n) is 10.9. The number of hydrogen-bond acceptors (Lipinski definition) is 6. The molecule has 0 aromatic heterocycles. The fraction of sp³-hybridized carbons (Fsp3) is 0.540. The summed E-state index contributed by atoms with van der Waals surface area (Å²) in [5.41, 5.74) is 0. The molecule has 0 aromatic carbocycles. The van der Waals surface area contributed by atoms with Crippen molar-refractivity contribution in [1.82, 2.24) is 5.32 Å². The Morgan fingerprint density at radius 2 is 0.861 bits per heavy atom. The molecule has 0 aromatic rings. The highest BCUT2D eigenvalue weighted by Gasteiger charge is 2.23. The minimum atomic E-state index is -4.62. The molecule has 8 nitrogen and oxygen atoms in total. The Morgan fingerprint density at radius 3 is 1.28 bits per heavy atom. The van der Waals surface area contributed by atoms with Crippen LogP contribution < -0.4 is 10.2 Å². The molecule has 0 rings (SSSR count). The number of likely N-dealkylation sites (N-methyl/N-ethyl adjacent to an activating group) is 1. The average Bonchev–Trinajstić information content (AvgIpc) is 3.34. The number of hydrogen-bond donors (Lipinski definition) is 2. The smallest absolute Gasteiger partial charge is 0.268 e. The number of aliphatic hydroxyl groups is 1. The Kier molecular flexibility index (Phi) is 48.8. The van der Waals surface area contributed by atoms with Crippen LogP contribution in [0.25, 0.3) is 0 Å². The van der Waals surface area contributed by atoms with Crippen LogP contribution in [0.4, 0.5) is 0 Å². The van der Waals surface area contributed by atoms with Gasteiger partial charge in [-0.05, 0) is 122 Å². The highest BCUT2D eigenvalue weighted by Crippen LogP contribution is 2.38. The molecule has 0 fully saturated rings. The summed E-state index contributed by atoms with van der Waals surface area (Å²) in [5, 5.41) is 13.7. The van der Waals surface area contributed by atoms with Crippen molar-refractivity contribution in [3.63, 3.8) is 0 Å². The van der Waals surface area contributed by atoms with E-state index in [4.69, 9.17) is 9.05 Å². The van der Waals surface area contributed by atoms with Gasteiger partial charge >= 0.3 is 0 Å². The van der Waals surface area contributed by atoms with Crippen molar-refractivity contribution in [2.45, 2.75) is 180 Å². The number of carbonyl (C=O) groups is 1. The second-order valence-electron chi connectivity index (χ2n) is 18.8. The number of nitrogens with zero attached hydrogens (tertiary/aromatic N) is 1. The summed E-state index contributed by atoms with van der Waals surface area (Å²) in [6.45, 7) is 4.41. The lowest BCUT2D eigenvalue weighted by Crippen LogP contribution is -2.45. The normalized spacial score (nSPS) is 15.3. The summed E-state index contributed by atoms with van der Waals surface area (Å²) in [5.74, 6) is -0.260. The van der Waals surface area contributed by atoms with E-state index in [9.17, 15) is 19.4 Å². The van der Waals surface area contributed by atoms with Crippen LogP contribution in [-0.2, 0) is 18.4 Å². The van der Waals surface area contributed by atoms with Gasteiger partial charge in [-0.15, -0.1) is 0 Å². The molecule has 0 saturated heterocycles. The highest BCUT2D eigenvalue weighted by atomic mass is 31.2. The number of amides is 1. The van der Waals surface area contributed by atoms with E-state index in [1.54, 1.807) is 6.08 Å². The third kappa shape index (κ3) is 53.7. The Hall–Kier alpha value is -4.14. The molecule has 0 heterocycles. The maximum absolute atomic E-state index is 12.9. The first-order valence-corrected chi connectivity index (χ1v) is 29.0. The number of rotatable bonds is 47. The van der Waals surface area contributed by atoms with E-state index >= 15 is 0 Å². The number of nitrogens with one attached hydrogen (secondary N) is 1. The standard InChI is InChI=1S/C63H101N2O6P/c1-6-8-10-12-14-16-18-19-20-21-22-23-24-25-26-27-28-29-30-31-32-33-34-35-36-37-38-39-40-41-42-43-44-45-47-49-51-53-55-57-63(67)64-61(60-71-72(68,69)70-59-58-65(3,4)5)62(66)56-54-52-50-48-46-17-15-13-11-9-7-2/h8,10,14,16,19-20,22-23,25-26,28-29,31-32,34-35,37-38,40-41,43-44,46-49,54,56,61-62,66H,6-7,9,11-13,15,17-18,21,24,27,30,33,36,39,42,45,50-53,55,57-60H2,1-5H3,(H-,64,67,68,69)/b10-8-,16-14-,20-19-,23-22-,26-25-,29-28-,32-31-,35-34-,38-37-,41-40-,44-43-,48-46+,49-47-,56-54+. The molecule has 0 bridgehead atoms. The number of allylic oxidation sites excluding steroid dienone is 27. The molecule has 1 amide bonds. The van der Waals surface area contributed by atoms with E-state index in [2.05, 4.69) is 177 Å². The van der Waals surface area contributed by atoms with E-state index in [1.165, 1.54) is 32.1 Å². The zero-order valence-corrected chi connectivity index (χ0v) is 46.7. The van der Waals surface area contributed by atoms with Crippen molar-refractivity contribution in [3.8, 4) is 0 Å². The fourth-order valence-electron chi connectivity index (χ4n) is 6.62. The van der Waals surface area contributed by atoms with Gasteiger partial charge in [0.25, 0.3) is 7.82 Å². The lowest BCUT2D eigenvalue weighted by atomic mass is 10.1. The van der Waals surface area contributed by atoms with Crippen LogP contribution in [0.1, 0.15) is 168 Å². The molecule has 0 aliphatic rings. The largest absolute Gasteiger partial charge is 0.756 e. The van der Waals surface area contributed by atoms with E-state index in [0.29, 0.717) is 17.4 Å². The van der Waals surface area contributed by atoms with Crippen LogP contribution in [-0.4, -0.2) is 68.5 Å². The van der Waals surface area contributed by atoms with Gasteiger partial charge < -0.3 is 28.8 Å². The quantitative estimate of drug-likeness (QED) is 0.0272. The zero-order valence-electron chi connectivity index (χ0n) is 45.8. The molecule has 72 heavy (non-hydrogen) atoms. The fourth-order valence-corrected chi connectivity index (χ4v) is 7.34. The summed E-state index contributed by atoms with van der Waals surface area (Å²) in [6.07, 6.45) is 83.0. The predicted molar refractivity (Wildman–Crippen MR) is 310 cm³/mol. The minimum absolute atomic E-state index is 0.0249. The van der Waals surface area contributed by atoms with Gasteiger partial charge in [0.1, 0.15) is 13.2 Å². The Bertz CT molecular complexity index is 1770. The van der Waals surface area contributed by atoms with Crippen LogP contribution in [0, 0.1) is 0 Å². The molecule has 3 atom stereocenters. The van der Waals surface area contributed by atoms with E-state index < -0.39 is 26.6 Å². The van der Waals surface area contributed by atoms with Gasteiger partial charge in [0, 0.05) is 6.42 Å². The first-order chi connectivity index (χ1) is 35.0. The molecule has 0 aliphatic heterocycles. The summed E-state index contributed by atoms with van der Waals surface area (Å²) in [7, 11) is 1.18. The molecule has 404 valence electrons. The van der Waals surface area contributed by atoms with E-state index in [1.807, 2.05) is 27.2 Å². The summed E-state index contributed by atoms with van der Waals surface area (Å²) in [4.78, 5) is 25.3. The van der Waals surface area contributed by atoms with Crippen LogP contribution in [0.5, 0.6) is 0 Å². The third-order valence-corrected chi connectivity index (χ3v) is 11.9. The second kappa shape index (κ2) is 51.7. The maximum Gasteiger partial charge on any atom is 0.268 e. The lowest BCUT2D eigenvalue weighted by Gasteiger charge is -2.29. The van der Waals surface area contributed by atoms with Gasteiger partial charge in [0.15, 0.2) is 0 Å². The first-order valence-electron chi connectivity index (χ1n) is 27.5. The van der Waals surface area contributed by atoms with Gasteiger partial charge in [-0.2, -0.15) is 0 Å². The molecule has 9 heteroatoms. The lowest BCUT2D eigenvalue weighted by molar-refractivity contribution is -0.870. The Balaban J connectivity index is 4.26. The minimum Gasteiger partial charge on any atom is -0.756 e. The Morgan fingerprint density at radius 1 is 0.500 bits per heavy atom. The van der Waals surface area contributed by atoms with Crippen molar-refractivity contribution >= 4 is 13.7 Å². The molecule has 0 saturated carbocycles. The molecule has 2 N–H and O–H groups in total.